The zero-order chi connectivity index (χ0) is 19.3. The molecular weight excluding hydrogens is 350 g/mol. The van der Waals surface area contributed by atoms with Gasteiger partial charge in [0.2, 0.25) is 5.83 Å². The number of nitriles is 1. The number of ether oxygens (including phenoxy) is 1. The third-order valence-corrected chi connectivity index (χ3v) is 3.46. The molecule has 134 valence electrons. The Hall–Kier alpha value is -3.14. The van der Waals surface area contributed by atoms with Crippen LogP contribution in [0, 0.1) is 23.0 Å². The number of hydrogen-bond acceptors (Lipinski definition) is 3. The van der Waals surface area contributed by atoms with Crippen molar-refractivity contribution >= 4 is 11.8 Å². The molecule has 0 aliphatic rings. The molecule has 2 aromatic carbocycles. The predicted octanol–water partition coefficient (Wildman–Crippen LogP) is 5.00. The van der Waals surface area contributed by atoms with Crippen molar-refractivity contribution in [2.45, 2.75) is 19.8 Å². The van der Waals surface area contributed by atoms with Crippen LogP contribution in [0.5, 0.6) is 5.75 Å². The second kappa shape index (κ2) is 8.30. The number of hydrogen-bond donors (Lipinski definition) is 0. The van der Waals surface area contributed by atoms with Crippen LogP contribution in [0.3, 0.4) is 0 Å². The van der Waals surface area contributed by atoms with Crippen LogP contribution in [-0.2, 0) is 11.2 Å². The number of carbonyl (C=O) groups is 1. The summed E-state index contributed by atoms with van der Waals surface area (Å²) in [5.74, 6) is -8.29. The van der Waals surface area contributed by atoms with Gasteiger partial charge in [-0.15, -0.1) is 0 Å². The van der Waals surface area contributed by atoms with Gasteiger partial charge in [-0.3, -0.25) is 0 Å². The third-order valence-electron chi connectivity index (χ3n) is 3.46. The van der Waals surface area contributed by atoms with Gasteiger partial charge in [-0.25, -0.2) is 18.0 Å². The van der Waals surface area contributed by atoms with E-state index in [0.717, 1.165) is 18.4 Å². The predicted molar refractivity (Wildman–Crippen MR) is 86.3 cm³/mol. The Morgan fingerprint density at radius 1 is 1.12 bits per heavy atom. The average molecular weight is 363 g/mol. The molecule has 0 saturated carbocycles. The molecule has 2 rings (SSSR count). The van der Waals surface area contributed by atoms with Crippen LogP contribution in [0.2, 0.25) is 0 Å². The number of rotatable bonds is 5. The minimum absolute atomic E-state index is 0.170. The molecule has 0 amide bonds. The molecule has 3 nitrogen and oxygen atoms in total. The van der Waals surface area contributed by atoms with Gasteiger partial charge in [-0.1, -0.05) is 37.6 Å². The molecule has 0 unspecified atom stereocenters. The van der Waals surface area contributed by atoms with Gasteiger partial charge in [-0.05, 0) is 12.0 Å². The Labute approximate surface area is 147 Å². The standard InChI is InChI=1S/C19H13F4NO2/c1-2-3-11-4-6-12(7-5-11)17(22)18(23)19(25)26-13-8-15(20)14(10-24)16(21)9-13/h4-9H,2-3H2,1H3/b18-17-. The molecule has 0 saturated heterocycles. The lowest BCUT2D eigenvalue weighted by molar-refractivity contribution is -0.131. The summed E-state index contributed by atoms with van der Waals surface area (Å²) in [5.41, 5.74) is -0.119. The molecule has 0 heterocycles. The van der Waals surface area contributed by atoms with Gasteiger partial charge in [-0.2, -0.15) is 9.65 Å². The first-order valence-electron chi connectivity index (χ1n) is 7.63. The maximum absolute atomic E-state index is 14.1. The van der Waals surface area contributed by atoms with E-state index in [1.807, 2.05) is 6.92 Å². The molecule has 0 aliphatic carbocycles. The number of carbonyl (C=O) groups excluding carboxylic acids is 1. The zero-order valence-corrected chi connectivity index (χ0v) is 13.7. The van der Waals surface area contributed by atoms with Crippen LogP contribution in [0.15, 0.2) is 42.2 Å². The summed E-state index contributed by atoms with van der Waals surface area (Å²) in [6.45, 7) is 1.97. The normalized spacial score (nSPS) is 11.5. The summed E-state index contributed by atoms with van der Waals surface area (Å²) in [6.07, 6.45) is 1.65. The summed E-state index contributed by atoms with van der Waals surface area (Å²) in [7, 11) is 0. The second-order valence-corrected chi connectivity index (χ2v) is 5.34. The second-order valence-electron chi connectivity index (χ2n) is 5.34. The smallest absolute Gasteiger partial charge is 0.375 e. The Kier molecular flexibility index (Phi) is 6.12. The van der Waals surface area contributed by atoms with E-state index in [9.17, 15) is 22.4 Å². The maximum Gasteiger partial charge on any atom is 0.375 e. The highest BCUT2D eigenvalue weighted by molar-refractivity contribution is 5.94. The monoisotopic (exact) mass is 363 g/mol. The van der Waals surface area contributed by atoms with Crippen molar-refractivity contribution in [3.8, 4) is 11.8 Å². The van der Waals surface area contributed by atoms with Gasteiger partial charge in [0.25, 0.3) is 0 Å². The first-order chi connectivity index (χ1) is 12.4. The summed E-state index contributed by atoms with van der Waals surface area (Å²) >= 11 is 0. The first-order valence-corrected chi connectivity index (χ1v) is 7.63. The summed E-state index contributed by atoms with van der Waals surface area (Å²) in [4.78, 5) is 11.7. The first kappa shape index (κ1) is 19.2. The van der Waals surface area contributed by atoms with Crippen LogP contribution in [-0.4, -0.2) is 5.97 Å². The molecule has 0 aliphatic heterocycles. The molecule has 0 aromatic heterocycles. The van der Waals surface area contributed by atoms with E-state index >= 15 is 0 Å². The number of benzene rings is 2. The van der Waals surface area contributed by atoms with Crippen molar-refractivity contribution in [3.05, 3.63) is 70.5 Å². The Balaban J connectivity index is 2.23. The molecule has 7 heteroatoms. The summed E-state index contributed by atoms with van der Waals surface area (Å²) in [5, 5.41) is 8.56. The van der Waals surface area contributed by atoms with E-state index in [1.54, 1.807) is 12.1 Å². The van der Waals surface area contributed by atoms with E-state index < -0.39 is 40.6 Å². The molecule has 0 bridgehead atoms. The van der Waals surface area contributed by atoms with Crippen molar-refractivity contribution in [1.82, 2.24) is 0 Å². The fraction of sp³-hybridized carbons (Fsp3) is 0.158. The van der Waals surface area contributed by atoms with Gasteiger partial charge in [0.1, 0.15) is 29.0 Å². The highest BCUT2D eigenvalue weighted by Gasteiger charge is 2.21. The Morgan fingerprint density at radius 3 is 2.19 bits per heavy atom. The minimum Gasteiger partial charge on any atom is -0.421 e. The molecule has 0 radical (unpaired) electrons. The van der Waals surface area contributed by atoms with Gasteiger partial charge >= 0.3 is 5.97 Å². The lowest BCUT2D eigenvalue weighted by atomic mass is 10.1. The van der Waals surface area contributed by atoms with Crippen LogP contribution < -0.4 is 4.74 Å². The van der Waals surface area contributed by atoms with Crippen molar-refractivity contribution in [1.29, 1.82) is 5.26 Å². The summed E-state index contributed by atoms with van der Waals surface area (Å²) < 4.78 is 59.4. The van der Waals surface area contributed by atoms with E-state index in [1.165, 1.54) is 18.2 Å². The molecule has 26 heavy (non-hydrogen) atoms. The largest absolute Gasteiger partial charge is 0.421 e. The van der Waals surface area contributed by atoms with Crippen molar-refractivity contribution in [3.63, 3.8) is 0 Å². The highest BCUT2D eigenvalue weighted by atomic mass is 19.2. The van der Waals surface area contributed by atoms with Crippen LogP contribution >= 0.6 is 0 Å². The summed E-state index contributed by atoms with van der Waals surface area (Å²) in [6, 6.07) is 8.18. The molecule has 2 aromatic rings. The lowest BCUT2D eigenvalue weighted by Crippen LogP contribution is -2.10. The molecule has 0 fully saturated rings. The van der Waals surface area contributed by atoms with Gasteiger partial charge in [0.05, 0.1) is 0 Å². The molecule has 0 N–H and O–H groups in total. The fourth-order valence-electron chi connectivity index (χ4n) is 2.19. The van der Waals surface area contributed by atoms with E-state index in [4.69, 9.17) is 5.26 Å². The topological polar surface area (TPSA) is 50.1 Å². The Morgan fingerprint density at radius 2 is 1.69 bits per heavy atom. The van der Waals surface area contributed by atoms with Gasteiger partial charge in [0, 0.05) is 17.7 Å². The van der Waals surface area contributed by atoms with Crippen molar-refractivity contribution in [2.24, 2.45) is 0 Å². The number of esters is 1. The Bertz CT molecular complexity index is 876. The average Bonchev–Trinajstić information content (AvgIpc) is 2.61. The lowest BCUT2D eigenvalue weighted by Gasteiger charge is -2.06. The molecule has 0 spiro atoms. The van der Waals surface area contributed by atoms with Crippen molar-refractivity contribution < 1.29 is 27.1 Å². The van der Waals surface area contributed by atoms with E-state index in [0.29, 0.717) is 12.1 Å². The van der Waals surface area contributed by atoms with Crippen LogP contribution in [0.4, 0.5) is 17.6 Å². The minimum atomic E-state index is -1.83. The number of aryl methyl sites for hydroxylation is 1. The third kappa shape index (κ3) is 4.28. The van der Waals surface area contributed by atoms with E-state index in [2.05, 4.69) is 4.74 Å². The fourth-order valence-corrected chi connectivity index (χ4v) is 2.19. The molecule has 0 atom stereocenters. The van der Waals surface area contributed by atoms with Crippen molar-refractivity contribution in [2.75, 3.05) is 0 Å². The van der Waals surface area contributed by atoms with Gasteiger partial charge < -0.3 is 4.74 Å². The quantitative estimate of drug-likeness (QED) is 0.325. The SMILES string of the molecule is CCCc1ccc(/C(F)=C(/F)C(=O)Oc2cc(F)c(C#N)c(F)c2)cc1. The van der Waals surface area contributed by atoms with Crippen LogP contribution in [0.1, 0.15) is 30.0 Å². The van der Waals surface area contributed by atoms with Crippen LogP contribution in [0.25, 0.3) is 5.83 Å². The maximum atomic E-state index is 14.1. The number of nitrogens with zero attached hydrogens (tertiary/aromatic N) is 1. The molecular formula is C19H13F4NO2. The van der Waals surface area contributed by atoms with E-state index in [-0.39, 0.29) is 5.56 Å². The number of halogens is 4. The highest BCUT2D eigenvalue weighted by Crippen LogP contribution is 2.25. The zero-order valence-electron chi connectivity index (χ0n) is 13.7. The van der Waals surface area contributed by atoms with Gasteiger partial charge in [0.15, 0.2) is 5.83 Å².